The molecule has 1 heterocycles. The van der Waals surface area contributed by atoms with Crippen molar-refractivity contribution in [2.45, 2.75) is 11.1 Å². The van der Waals surface area contributed by atoms with E-state index in [9.17, 15) is 21.9 Å². The molecule has 3 aromatic rings. The smallest absolute Gasteiger partial charge is 0.768 e. The van der Waals surface area contributed by atoms with E-state index in [2.05, 4.69) is 5.10 Å². The Morgan fingerprint density at radius 1 is 1.14 bits per heavy atom. The summed E-state index contributed by atoms with van der Waals surface area (Å²) in [6, 6.07) is 10.8. The summed E-state index contributed by atoms with van der Waals surface area (Å²) in [4.78, 5) is 0.0216. The molecule has 0 N–H and O–H groups in total. The molecular weight excluding hydrogens is 428 g/mol. The molecule has 28 heavy (non-hydrogen) atoms. The first-order chi connectivity index (χ1) is 12.7. The molecule has 0 radical (unpaired) electrons. The molecule has 0 saturated heterocycles. The summed E-state index contributed by atoms with van der Waals surface area (Å²) in [6.45, 7) is 0. The van der Waals surface area contributed by atoms with Crippen LogP contribution in [0.25, 0.3) is 16.9 Å². The number of halogens is 4. The minimum absolute atomic E-state index is 0. The number of rotatable bonds is 4. The van der Waals surface area contributed by atoms with Gasteiger partial charge >= 0.3 is 35.7 Å². The fourth-order valence-electron chi connectivity index (χ4n) is 2.45. The van der Waals surface area contributed by atoms with Crippen molar-refractivity contribution in [1.29, 1.82) is 0 Å². The maximum atomic E-state index is 13.2. The fraction of sp³-hybridized carbons (Fsp3) is 0.118. The summed E-state index contributed by atoms with van der Waals surface area (Å²) in [5.74, 6) is 0.368. The Labute approximate surface area is 188 Å². The molecule has 0 amide bonds. The molecule has 0 fully saturated rings. The van der Waals surface area contributed by atoms with Gasteiger partial charge in [0, 0.05) is 10.5 Å². The molecule has 1 unspecified atom stereocenters. The van der Waals surface area contributed by atoms with Gasteiger partial charge in [0.15, 0.2) is 5.69 Å². The van der Waals surface area contributed by atoms with Crippen molar-refractivity contribution in [3.05, 3.63) is 59.2 Å². The zero-order valence-electron chi connectivity index (χ0n) is 14.7. The van der Waals surface area contributed by atoms with Crippen molar-refractivity contribution in [2.24, 2.45) is 0 Å². The van der Waals surface area contributed by atoms with Crippen molar-refractivity contribution in [1.82, 2.24) is 9.78 Å². The van der Waals surface area contributed by atoms with Crippen molar-refractivity contribution < 1.29 is 56.2 Å². The first-order valence-electron chi connectivity index (χ1n) is 7.41. The Kier molecular flexibility index (Phi) is 7.35. The molecule has 1 atom stereocenters. The number of benzene rings is 2. The largest absolute Gasteiger partial charge is 1.00 e. The van der Waals surface area contributed by atoms with Crippen LogP contribution in [-0.2, 0) is 17.3 Å². The van der Waals surface area contributed by atoms with Crippen LogP contribution < -0.4 is 34.3 Å². The second-order valence-electron chi connectivity index (χ2n) is 5.40. The molecular formula is C17H11ClF3N2NaO3S. The van der Waals surface area contributed by atoms with Gasteiger partial charge in [-0.1, -0.05) is 23.7 Å². The quantitative estimate of drug-likeness (QED) is 0.457. The van der Waals surface area contributed by atoms with Gasteiger partial charge in [-0.15, -0.1) is 0 Å². The number of aromatic nitrogens is 2. The third-order valence-electron chi connectivity index (χ3n) is 3.72. The third-order valence-corrected chi connectivity index (χ3v) is 4.67. The Balaban J connectivity index is 0.00000280. The molecule has 1 aromatic heterocycles. The van der Waals surface area contributed by atoms with Crippen molar-refractivity contribution >= 4 is 22.7 Å². The average Bonchev–Trinajstić information content (AvgIpc) is 3.07. The van der Waals surface area contributed by atoms with E-state index < -0.39 is 23.0 Å². The number of hydrogen-bond acceptors (Lipinski definition) is 4. The minimum atomic E-state index is -4.65. The second kappa shape index (κ2) is 8.98. The van der Waals surface area contributed by atoms with E-state index >= 15 is 0 Å². The van der Waals surface area contributed by atoms with Crippen molar-refractivity contribution in [3.8, 4) is 22.7 Å². The SMILES string of the molecule is COc1ccc(-n2nc(C(F)(F)F)cc2-c2ccc(S(=O)[O-])cc2)cc1Cl.[Na+]. The summed E-state index contributed by atoms with van der Waals surface area (Å²) in [6.07, 6.45) is -4.65. The molecule has 0 saturated carbocycles. The maximum absolute atomic E-state index is 13.2. The first-order valence-corrected chi connectivity index (χ1v) is 8.87. The van der Waals surface area contributed by atoms with Gasteiger partial charge in [-0.2, -0.15) is 18.3 Å². The van der Waals surface area contributed by atoms with Gasteiger partial charge in [-0.3, -0.25) is 4.21 Å². The summed E-state index contributed by atoms with van der Waals surface area (Å²) in [5.41, 5.74) is -0.297. The fourth-order valence-corrected chi connectivity index (χ4v) is 3.06. The zero-order chi connectivity index (χ0) is 19.8. The van der Waals surface area contributed by atoms with Crippen LogP contribution in [0.1, 0.15) is 5.69 Å². The van der Waals surface area contributed by atoms with E-state index in [4.69, 9.17) is 16.3 Å². The van der Waals surface area contributed by atoms with Gasteiger partial charge in [0.1, 0.15) is 5.75 Å². The van der Waals surface area contributed by atoms with E-state index in [-0.39, 0.29) is 45.2 Å². The molecule has 0 aliphatic rings. The number of nitrogens with zero attached hydrogens (tertiary/aromatic N) is 2. The van der Waals surface area contributed by atoms with Crippen LogP contribution in [0, 0.1) is 0 Å². The van der Waals surface area contributed by atoms with Crippen LogP contribution in [0.3, 0.4) is 0 Å². The van der Waals surface area contributed by atoms with E-state index in [0.717, 1.165) is 10.7 Å². The topological polar surface area (TPSA) is 67.2 Å². The summed E-state index contributed by atoms with van der Waals surface area (Å²) in [7, 11) is 1.42. The molecule has 5 nitrogen and oxygen atoms in total. The molecule has 11 heteroatoms. The van der Waals surface area contributed by atoms with E-state index in [1.54, 1.807) is 0 Å². The molecule has 0 aliphatic carbocycles. The zero-order valence-corrected chi connectivity index (χ0v) is 18.2. The normalized spacial score (nSPS) is 12.4. The van der Waals surface area contributed by atoms with Gasteiger partial charge in [0.2, 0.25) is 0 Å². The number of hydrogen-bond donors (Lipinski definition) is 0. The number of ether oxygens (including phenoxy) is 1. The Morgan fingerprint density at radius 3 is 2.29 bits per heavy atom. The molecule has 2 aromatic carbocycles. The van der Waals surface area contributed by atoms with E-state index in [0.29, 0.717) is 17.0 Å². The van der Waals surface area contributed by atoms with Gasteiger partial charge in [0.05, 0.1) is 23.5 Å². The van der Waals surface area contributed by atoms with Crippen LogP contribution in [0.5, 0.6) is 5.75 Å². The third kappa shape index (κ3) is 4.79. The van der Waals surface area contributed by atoms with Gasteiger partial charge in [-0.25, -0.2) is 4.68 Å². The maximum Gasteiger partial charge on any atom is 1.00 e. The Morgan fingerprint density at radius 2 is 1.79 bits per heavy atom. The number of alkyl halides is 3. The summed E-state index contributed by atoms with van der Waals surface area (Å²) in [5, 5.41) is 3.86. The van der Waals surface area contributed by atoms with Crippen LogP contribution in [0.4, 0.5) is 13.2 Å². The van der Waals surface area contributed by atoms with Crippen LogP contribution in [0.2, 0.25) is 5.02 Å². The Hall–Kier alpha value is -1.36. The molecule has 0 spiro atoms. The monoisotopic (exact) mass is 438 g/mol. The van der Waals surface area contributed by atoms with Gasteiger partial charge in [0.25, 0.3) is 0 Å². The summed E-state index contributed by atoms with van der Waals surface area (Å²) < 4.78 is 67.6. The molecule has 3 rings (SSSR count). The van der Waals surface area contributed by atoms with Crippen LogP contribution in [0.15, 0.2) is 53.4 Å². The van der Waals surface area contributed by atoms with Crippen LogP contribution in [-0.4, -0.2) is 25.7 Å². The van der Waals surface area contributed by atoms with Gasteiger partial charge < -0.3 is 9.29 Å². The van der Waals surface area contributed by atoms with Gasteiger partial charge in [-0.05, 0) is 47.5 Å². The minimum Gasteiger partial charge on any atom is -0.768 e. The predicted molar refractivity (Wildman–Crippen MR) is 92.7 cm³/mol. The van der Waals surface area contributed by atoms with Crippen LogP contribution >= 0.6 is 11.6 Å². The molecule has 0 aliphatic heterocycles. The first kappa shape index (κ1) is 22.9. The average molecular weight is 439 g/mol. The number of methoxy groups -OCH3 is 1. The van der Waals surface area contributed by atoms with Crippen molar-refractivity contribution in [2.75, 3.05) is 7.11 Å². The van der Waals surface area contributed by atoms with E-state index in [1.165, 1.54) is 49.6 Å². The van der Waals surface area contributed by atoms with Crippen molar-refractivity contribution in [3.63, 3.8) is 0 Å². The molecule has 0 bridgehead atoms. The standard InChI is InChI=1S/C17H12ClF3N2O3S.Na/c1-26-15-7-4-11(8-13(15)18)23-14(9-16(22-23)17(19,20)21)10-2-5-12(6-3-10)27(24)25;/h2-9H,1H3,(H,24,25);/q;+1/p-1. The second-order valence-corrected chi connectivity index (χ2v) is 6.75. The predicted octanol–water partition coefficient (Wildman–Crippen LogP) is 1.46. The Bertz CT molecular complexity index is 1010. The summed E-state index contributed by atoms with van der Waals surface area (Å²) >= 11 is 3.64. The van der Waals surface area contributed by atoms with E-state index in [1.807, 2.05) is 0 Å². The molecule has 142 valence electrons.